The fourth-order valence-corrected chi connectivity index (χ4v) is 2.69. The summed E-state index contributed by atoms with van der Waals surface area (Å²) in [5.41, 5.74) is 3.26. The first-order chi connectivity index (χ1) is 9.61. The summed E-state index contributed by atoms with van der Waals surface area (Å²) in [6, 6.07) is 6.59. The lowest BCUT2D eigenvalue weighted by Crippen LogP contribution is -2.45. The molecule has 1 aliphatic heterocycles. The average Bonchev–Trinajstić information content (AvgIpc) is 2.48. The standard InChI is InChI=1S/C17H26N2O/c1-4-9-18-16-7-10-19(11-8-16)17(20)15-6-5-13(2)14(3)12-15/h5-6,12,16,18H,4,7-11H2,1-3H3. The van der Waals surface area contributed by atoms with Gasteiger partial charge < -0.3 is 10.2 Å². The number of rotatable bonds is 4. The molecule has 3 nitrogen and oxygen atoms in total. The summed E-state index contributed by atoms with van der Waals surface area (Å²) in [7, 11) is 0. The summed E-state index contributed by atoms with van der Waals surface area (Å²) in [5, 5.41) is 3.55. The van der Waals surface area contributed by atoms with E-state index in [1.165, 1.54) is 17.5 Å². The number of benzene rings is 1. The summed E-state index contributed by atoms with van der Waals surface area (Å²) in [5.74, 6) is 0.182. The molecular formula is C17H26N2O. The SMILES string of the molecule is CCCNC1CCN(C(=O)c2ccc(C)c(C)c2)CC1. The van der Waals surface area contributed by atoms with E-state index >= 15 is 0 Å². The number of hydrogen-bond donors (Lipinski definition) is 1. The van der Waals surface area contributed by atoms with E-state index in [4.69, 9.17) is 0 Å². The first-order valence-electron chi connectivity index (χ1n) is 7.71. The van der Waals surface area contributed by atoms with Crippen LogP contribution in [0, 0.1) is 13.8 Å². The van der Waals surface area contributed by atoms with Gasteiger partial charge in [-0.15, -0.1) is 0 Å². The van der Waals surface area contributed by atoms with Gasteiger partial charge in [0.15, 0.2) is 0 Å². The van der Waals surface area contributed by atoms with Crippen molar-refractivity contribution in [2.75, 3.05) is 19.6 Å². The molecule has 0 atom stereocenters. The van der Waals surface area contributed by atoms with Gasteiger partial charge >= 0.3 is 0 Å². The van der Waals surface area contributed by atoms with Gasteiger partial charge in [-0.3, -0.25) is 4.79 Å². The third-order valence-corrected chi connectivity index (χ3v) is 4.22. The Kier molecular flexibility index (Phi) is 5.18. The molecule has 1 heterocycles. The molecule has 0 saturated carbocycles. The number of nitrogens with zero attached hydrogens (tertiary/aromatic N) is 1. The van der Waals surface area contributed by atoms with Gasteiger partial charge in [0.25, 0.3) is 5.91 Å². The third-order valence-electron chi connectivity index (χ3n) is 4.22. The zero-order valence-corrected chi connectivity index (χ0v) is 12.9. The normalized spacial score (nSPS) is 16.4. The number of nitrogens with one attached hydrogen (secondary N) is 1. The van der Waals surface area contributed by atoms with E-state index in [2.05, 4.69) is 26.1 Å². The molecule has 0 bridgehead atoms. The van der Waals surface area contributed by atoms with Crippen molar-refractivity contribution in [1.82, 2.24) is 10.2 Å². The Morgan fingerprint density at radius 2 is 1.95 bits per heavy atom. The topological polar surface area (TPSA) is 32.3 Å². The summed E-state index contributed by atoms with van der Waals surface area (Å²) in [4.78, 5) is 14.5. The lowest BCUT2D eigenvalue weighted by atomic mass is 10.0. The molecule has 0 aliphatic carbocycles. The van der Waals surface area contributed by atoms with E-state index in [1.54, 1.807) is 0 Å². The number of likely N-dealkylation sites (tertiary alicyclic amines) is 1. The van der Waals surface area contributed by atoms with Crippen LogP contribution < -0.4 is 5.32 Å². The predicted molar refractivity (Wildman–Crippen MR) is 83.1 cm³/mol. The zero-order valence-electron chi connectivity index (χ0n) is 12.9. The molecule has 0 spiro atoms. The van der Waals surface area contributed by atoms with Crippen LogP contribution in [0.4, 0.5) is 0 Å². The maximum absolute atomic E-state index is 12.5. The summed E-state index contributed by atoms with van der Waals surface area (Å²) in [6.07, 6.45) is 3.30. The van der Waals surface area contributed by atoms with Gasteiger partial charge in [-0.05, 0) is 62.9 Å². The maximum atomic E-state index is 12.5. The molecule has 1 aliphatic rings. The van der Waals surface area contributed by atoms with Crippen molar-refractivity contribution in [3.05, 3.63) is 34.9 Å². The van der Waals surface area contributed by atoms with Crippen molar-refractivity contribution in [3.8, 4) is 0 Å². The van der Waals surface area contributed by atoms with E-state index < -0.39 is 0 Å². The molecule has 1 fully saturated rings. The Balaban J connectivity index is 1.92. The molecule has 1 N–H and O–H groups in total. The first kappa shape index (κ1) is 15.0. The van der Waals surface area contributed by atoms with E-state index in [1.807, 2.05) is 23.1 Å². The first-order valence-corrected chi connectivity index (χ1v) is 7.71. The molecular weight excluding hydrogens is 248 g/mol. The number of carbonyl (C=O) groups is 1. The highest BCUT2D eigenvalue weighted by molar-refractivity contribution is 5.94. The van der Waals surface area contributed by atoms with Crippen LogP contribution in [0.3, 0.4) is 0 Å². The number of aryl methyl sites for hydroxylation is 2. The van der Waals surface area contributed by atoms with E-state index in [9.17, 15) is 4.79 Å². The second kappa shape index (κ2) is 6.89. The van der Waals surface area contributed by atoms with Crippen molar-refractivity contribution in [3.63, 3.8) is 0 Å². The highest BCUT2D eigenvalue weighted by atomic mass is 16.2. The largest absolute Gasteiger partial charge is 0.339 e. The maximum Gasteiger partial charge on any atom is 0.253 e. The van der Waals surface area contributed by atoms with E-state index in [0.717, 1.165) is 38.0 Å². The number of piperidine rings is 1. The van der Waals surface area contributed by atoms with Crippen LogP contribution in [0.15, 0.2) is 18.2 Å². The van der Waals surface area contributed by atoms with Crippen molar-refractivity contribution >= 4 is 5.91 Å². The van der Waals surface area contributed by atoms with Crippen LogP contribution >= 0.6 is 0 Å². The number of carbonyl (C=O) groups excluding carboxylic acids is 1. The van der Waals surface area contributed by atoms with Gasteiger partial charge in [-0.1, -0.05) is 13.0 Å². The molecule has 20 heavy (non-hydrogen) atoms. The molecule has 1 aromatic rings. The average molecular weight is 274 g/mol. The zero-order chi connectivity index (χ0) is 14.5. The van der Waals surface area contributed by atoms with Gasteiger partial charge in [-0.2, -0.15) is 0 Å². The van der Waals surface area contributed by atoms with Crippen LogP contribution in [0.5, 0.6) is 0 Å². The molecule has 1 amide bonds. The highest BCUT2D eigenvalue weighted by Gasteiger charge is 2.23. The summed E-state index contributed by atoms with van der Waals surface area (Å²) < 4.78 is 0. The van der Waals surface area contributed by atoms with Crippen LogP contribution in [-0.4, -0.2) is 36.5 Å². The number of amides is 1. The fourth-order valence-electron chi connectivity index (χ4n) is 2.69. The fraction of sp³-hybridized carbons (Fsp3) is 0.588. The van der Waals surface area contributed by atoms with Gasteiger partial charge in [-0.25, -0.2) is 0 Å². The smallest absolute Gasteiger partial charge is 0.253 e. The van der Waals surface area contributed by atoms with Crippen LogP contribution in [-0.2, 0) is 0 Å². The Morgan fingerprint density at radius 1 is 1.25 bits per heavy atom. The minimum atomic E-state index is 0.182. The van der Waals surface area contributed by atoms with Gasteiger partial charge in [0, 0.05) is 24.7 Å². The molecule has 0 aromatic heterocycles. The van der Waals surface area contributed by atoms with Gasteiger partial charge in [0.1, 0.15) is 0 Å². The van der Waals surface area contributed by atoms with E-state index in [-0.39, 0.29) is 5.91 Å². The second-order valence-corrected chi connectivity index (χ2v) is 5.82. The minimum absolute atomic E-state index is 0.182. The van der Waals surface area contributed by atoms with Crippen molar-refractivity contribution in [1.29, 1.82) is 0 Å². The Hall–Kier alpha value is -1.35. The third kappa shape index (κ3) is 3.60. The second-order valence-electron chi connectivity index (χ2n) is 5.82. The quantitative estimate of drug-likeness (QED) is 0.915. The Morgan fingerprint density at radius 3 is 2.55 bits per heavy atom. The van der Waals surface area contributed by atoms with Crippen LogP contribution in [0.1, 0.15) is 47.7 Å². The van der Waals surface area contributed by atoms with Crippen LogP contribution in [0.25, 0.3) is 0 Å². The monoisotopic (exact) mass is 274 g/mol. The van der Waals surface area contributed by atoms with Crippen molar-refractivity contribution in [2.45, 2.75) is 46.1 Å². The lowest BCUT2D eigenvalue weighted by molar-refractivity contribution is 0.0705. The molecule has 110 valence electrons. The molecule has 0 unspecified atom stereocenters. The molecule has 0 radical (unpaired) electrons. The minimum Gasteiger partial charge on any atom is -0.339 e. The van der Waals surface area contributed by atoms with E-state index in [0.29, 0.717) is 6.04 Å². The Bertz CT molecular complexity index is 462. The van der Waals surface area contributed by atoms with Gasteiger partial charge in [0.05, 0.1) is 0 Å². The summed E-state index contributed by atoms with van der Waals surface area (Å²) >= 11 is 0. The van der Waals surface area contributed by atoms with Gasteiger partial charge in [0.2, 0.25) is 0 Å². The van der Waals surface area contributed by atoms with Crippen molar-refractivity contribution < 1.29 is 4.79 Å². The molecule has 1 aromatic carbocycles. The Labute approximate surface area is 122 Å². The summed E-state index contributed by atoms with van der Waals surface area (Å²) in [6.45, 7) is 9.14. The predicted octanol–water partition coefficient (Wildman–Crippen LogP) is 2.91. The molecule has 2 rings (SSSR count). The van der Waals surface area contributed by atoms with Crippen LogP contribution in [0.2, 0.25) is 0 Å². The van der Waals surface area contributed by atoms with Crippen molar-refractivity contribution in [2.24, 2.45) is 0 Å². The number of hydrogen-bond acceptors (Lipinski definition) is 2. The molecule has 1 saturated heterocycles. The highest BCUT2D eigenvalue weighted by Crippen LogP contribution is 2.16. The molecule has 3 heteroatoms. The lowest BCUT2D eigenvalue weighted by Gasteiger charge is -2.32.